The van der Waals surface area contributed by atoms with E-state index in [2.05, 4.69) is 12.2 Å². The molecular weight excluding hydrogens is 242 g/mol. The maximum absolute atomic E-state index is 9.93. The first kappa shape index (κ1) is 14.3. The third-order valence-electron chi connectivity index (χ3n) is 3.42. The van der Waals surface area contributed by atoms with E-state index >= 15 is 0 Å². The summed E-state index contributed by atoms with van der Waals surface area (Å²) >= 11 is 0. The van der Waals surface area contributed by atoms with Gasteiger partial charge in [-0.2, -0.15) is 0 Å². The summed E-state index contributed by atoms with van der Waals surface area (Å²) in [5, 5.41) is 13.3. The number of aliphatic hydroxyl groups excluding tert-OH is 1. The Morgan fingerprint density at radius 2 is 2.37 bits per heavy atom. The fourth-order valence-electron chi connectivity index (χ4n) is 2.13. The van der Waals surface area contributed by atoms with Gasteiger partial charge in [0.1, 0.15) is 18.5 Å². The van der Waals surface area contributed by atoms with Crippen LogP contribution in [-0.2, 0) is 4.74 Å². The van der Waals surface area contributed by atoms with Gasteiger partial charge in [0.2, 0.25) is 0 Å². The average Bonchev–Trinajstić information content (AvgIpc) is 2.82. The Hall–Kier alpha value is -1.10. The lowest BCUT2D eigenvalue weighted by Gasteiger charge is -2.25. The molecule has 1 aromatic rings. The zero-order chi connectivity index (χ0) is 13.7. The molecular formula is C15H23NO3. The van der Waals surface area contributed by atoms with Crippen molar-refractivity contribution < 1.29 is 14.6 Å². The number of ether oxygens (including phenoxy) is 2. The number of hydrogen-bond donors (Lipinski definition) is 2. The molecule has 0 bridgehead atoms. The monoisotopic (exact) mass is 265 g/mol. The van der Waals surface area contributed by atoms with Crippen molar-refractivity contribution in [2.45, 2.75) is 31.9 Å². The Kier molecular flexibility index (Phi) is 4.80. The van der Waals surface area contributed by atoms with Crippen LogP contribution in [0.2, 0.25) is 0 Å². The Morgan fingerprint density at radius 1 is 1.53 bits per heavy atom. The Morgan fingerprint density at radius 3 is 3.05 bits per heavy atom. The third-order valence-corrected chi connectivity index (χ3v) is 3.42. The minimum absolute atomic E-state index is 0.00961. The first-order valence-corrected chi connectivity index (χ1v) is 6.78. The van der Waals surface area contributed by atoms with Crippen molar-refractivity contribution >= 4 is 0 Å². The molecule has 0 aliphatic carbocycles. The van der Waals surface area contributed by atoms with Gasteiger partial charge in [-0.25, -0.2) is 0 Å². The van der Waals surface area contributed by atoms with E-state index in [1.807, 2.05) is 31.2 Å². The number of nitrogens with one attached hydrogen (secondary N) is 1. The van der Waals surface area contributed by atoms with Crippen molar-refractivity contribution in [2.24, 2.45) is 0 Å². The summed E-state index contributed by atoms with van der Waals surface area (Å²) in [6.07, 6.45) is 0.469. The summed E-state index contributed by atoms with van der Waals surface area (Å²) in [6, 6.07) is 7.84. The lowest BCUT2D eigenvalue weighted by molar-refractivity contribution is 0.0944. The van der Waals surface area contributed by atoms with Crippen LogP contribution < -0.4 is 10.1 Å². The van der Waals surface area contributed by atoms with Gasteiger partial charge in [0, 0.05) is 18.7 Å². The largest absolute Gasteiger partial charge is 0.491 e. The van der Waals surface area contributed by atoms with Crippen molar-refractivity contribution in [1.82, 2.24) is 5.32 Å². The van der Waals surface area contributed by atoms with Gasteiger partial charge >= 0.3 is 0 Å². The second-order valence-electron chi connectivity index (χ2n) is 5.53. The van der Waals surface area contributed by atoms with Crippen molar-refractivity contribution in [1.29, 1.82) is 0 Å². The molecule has 0 radical (unpaired) electrons. The third kappa shape index (κ3) is 4.49. The van der Waals surface area contributed by atoms with Gasteiger partial charge in [0.15, 0.2) is 0 Å². The van der Waals surface area contributed by atoms with Gasteiger partial charge in [-0.05, 0) is 38.0 Å². The first-order valence-electron chi connectivity index (χ1n) is 6.78. The summed E-state index contributed by atoms with van der Waals surface area (Å²) in [4.78, 5) is 0. The van der Waals surface area contributed by atoms with Gasteiger partial charge in [0.05, 0.1) is 6.61 Å². The van der Waals surface area contributed by atoms with Gasteiger partial charge < -0.3 is 19.9 Å². The van der Waals surface area contributed by atoms with Crippen LogP contribution in [0.1, 0.15) is 18.9 Å². The van der Waals surface area contributed by atoms with Crippen molar-refractivity contribution in [3.05, 3.63) is 29.8 Å². The highest BCUT2D eigenvalue weighted by Gasteiger charge is 2.29. The van der Waals surface area contributed by atoms with E-state index in [0.29, 0.717) is 19.8 Å². The smallest absolute Gasteiger partial charge is 0.119 e. The minimum atomic E-state index is -0.516. The quantitative estimate of drug-likeness (QED) is 0.818. The molecule has 1 aliphatic heterocycles. The van der Waals surface area contributed by atoms with E-state index in [0.717, 1.165) is 24.3 Å². The van der Waals surface area contributed by atoms with Crippen molar-refractivity contribution in [3.63, 3.8) is 0 Å². The highest BCUT2D eigenvalue weighted by molar-refractivity contribution is 5.27. The Balaban J connectivity index is 1.71. The zero-order valence-corrected chi connectivity index (χ0v) is 11.7. The molecule has 1 aromatic carbocycles. The topological polar surface area (TPSA) is 50.7 Å². The molecule has 4 nitrogen and oxygen atoms in total. The lowest BCUT2D eigenvalue weighted by atomic mass is 10.0. The molecule has 2 unspecified atom stereocenters. The molecule has 0 saturated carbocycles. The number of rotatable bonds is 6. The van der Waals surface area contributed by atoms with E-state index in [4.69, 9.17) is 9.47 Å². The van der Waals surface area contributed by atoms with E-state index in [-0.39, 0.29) is 5.54 Å². The molecule has 1 saturated heterocycles. The minimum Gasteiger partial charge on any atom is -0.491 e. The number of aryl methyl sites for hydroxylation is 1. The zero-order valence-electron chi connectivity index (χ0n) is 11.7. The Labute approximate surface area is 114 Å². The molecule has 2 N–H and O–H groups in total. The van der Waals surface area contributed by atoms with E-state index in [9.17, 15) is 5.11 Å². The van der Waals surface area contributed by atoms with Crippen LogP contribution in [0.3, 0.4) is 0 Å². The summed E-state index contributed by atoms with van der Waals surface area (Å²) in [5.74, 6) is 0.800. The van der Waals surface area contributed by atoms with E-state index in [1.165, 1.54) is 0 Å². The molecule has 19 heavy (non-hydrogen) atoms. The van der Waals surface area contributed by atoms with Crippen LogP contribution >= 0.6 is 0 Å². The van der Waals surface area contributed by atoms with Crippen LogP contribution in [0.15, 0.2) is 24.3 Å². The molecule has 2 rings (SSSR count). The fraction of sp³-hybridized carbons (Fsp3) is 0.600. The maximum atomic E-state index is 9.93. The van der Waals surface area contributed by atoms with Crippen LogP contribution in [0.5, 0.6) is 5.75 Å². The predicted octanol–water partition coefficient (Wildman–Crippen LogP) is 1.50. The van der Waals surface area contributed by atoms with Crippen molar-refractivity contribution in [2.75, 3.05) is 26.4 Å². The van der Waals surface area contributed by atoms with Gasteiger partial charge in [0.25, 0.3) is 0 Å². The normalized spacial score (nSPS) is 24.4. The number of aliphatic hydroxyl groups is 1. The molecule has 1 fully saturated rings. The molecule has 1 heterocycles. The second kappa shape index (κ2) is 6.37. The van der Waals surface area contributed by atoms with Gasteiger partial charge in [-0.3, -0.25) is 0 Å². The van der Waals surface area contributed by atoms with Crippen LogP contribution in [-0.4, -0.2) is 43.1 Å². The van der Waals surface area contributed by atoms with Crippen LogP contribution in [0.25, 0.3) is 0 Å². The summed E-state index contributed by atoms with van der Waals surface area (Å²) in [6.45, 7) is 6.46. The summed E-state index contributed by atoms with van der Waals surface area (Å²) < 4.78 is 10.9. The molecule has 0 aromatic heterocycles. The molecule has 2 atom stereocenters. The van der Waals surface area contributed by atoms with E-state index < -0.39 is 6.10 Å². The molecule has 4 heteroatoms. The number of hydrogen-bond acceptors (Lipinski definition) is 4. The molecule has 0 amide bonds. The summed E-state index contributed by atoms with van der Waals surface area (Å²) in [5.41, 5.74) is 1.14. The summed E-state index contributed by atoms with van der Waals surface area (Å²) in [7, 11) is 0. The maximum Gasteiger partial charge on any atom is 0.119 e. The molecule has 0 spiro atoms. The number of benzene rings is 1. The van der Waals surface area contributed by atoms with Gasteiger partial charge in [-0.15, -0.1) is 0 Å². The highest BCUT2D eigenvalue weighted by Crippen LogP contribution is 2.17. The van der Waals surface area contributed by atoms with Crippen LogP contribution in [0, 0.1) is 6.92 Å². The van der Waals surface area contributed by atoms with Crippen LogP contribution in [0.4, 0.5) is 0 Å². The standard InChI is InChI=1S/C15H23NO3/c1-12-4-3-5-14(8-12)19-10-13(17)9-16-15(2)6-7-18-11-15/h3-5,8,13,16-17H,6-7,9-11H2,1-2H3. The predicted molar refractivity (Wildman–Crippen MR) is 74.5 cm³/mol. The van der Waals surface area contributed by atoms with E-state index in [1.54, 1.807) is 0 Å². The van der Waals surface area contributed by atoms with Crippen molar-refractivity contribution in [3.8, 4) is 5.75 Å². The molecule has 1 aliphatic rings. The first-order chi connectivity index (χ1) is 9.07. The second-order valence-corrected chi connectivity index (χ2v) is 5.53. The fourth-order valence-corrected chi connectivity index (χ4v) is 2.13. The number of β-amino-alcohol motifs (C(OH)–C–C–N with tert-alkyl or cyclic N) is 1. The Bertz CT molecular complexity index is 402. The lowest BCUT2D eigenvalue weighted by Crippen LogP contribution is -2.47. The SMILES string of the molecule is Cc1cccc(OCC(O)CNC2(C)CCOC2)c1. The average molecular weight is 265 g/mol. The molecule has 106 valence electrons. The van der Waals surface area contributed by atoms with Gasteiger partial charge in [-0.1, -0.05) is 12.1 Å². The highest BCUT2D eigenvalue weighted by atomic mass is 16.5.